The molecule has 1 unspecified atom stereocenters. The summed E-state index contributed by atoms with van der Waals surface area (Å²) in [5.74, 6) is 0. The lowest BCUT2D eigenvalue weighted by Gasteiger charge is -2.37. The zero-order chi connectivity index (χ0) is 14.7. The molecule has 0 radical (unpaired) electrons. The van der Waals surface area contributed by atoms with Crippen molar-refractivity contribution < 1.29 is 9.72 Å². The maximum Gasteiger partial charge on any atom is 0.280 e. The van der Waals surface area contributed by atoms with E-state index in [9.17, 15) is 14.9 Å². The molecule has 6 nitrogen and oxygen atoms in total. The van der Waals surface area contributed by atoms with Crippen molar-refractivity contribution in [2.24, 2.45) is 0 Å². The average molecular weight is 277 g/mol. The lowest BCUT2D eigenvalue weighted by atomic mass is 10.0. The summed E-state index contributed by atoms with van der Waals surface area (Å²) in [6, 6.07) is 5.23. The van der Waals surface area contributed by atoms with Crippen LogP contribution in [0.2, 0.25) is 0 Å². The number of likely N-dealkylation sites (N-methyl/N-ethyl adjacent to an activating group) is 1. The van der Waals surface area contributed by atoms with E-state index in [1.54, 1.807) is 12.1 Å². The van der Waals surface area contributed by atoms with E-state index in [0.29, 0.717) is 12.3 Å². The number of rotatable bonds is 4. The molecule has 1 saturated heterocycles. The molecule has 0 amide bonds. The number of nitrogens with zero attached hydrogens (tertiary/aromatic N) is 3. The maximum absolute atomic E-state index is 11.0. The third-order valence-corrected chi connectivity index (χ3v) is 3.83. The lowest BCUT2D eigenvalue weighted by molar-refractivity contribution is -0.385. The van der Waals surface area contributed by atoms with Gasteiger partial charge < -0.3 is 9.80 Å². The molecule has 2 rings (SSSR count). The average Bonchev–Trinajstić information content (AvgIpc) is 2.46. The maximum atomic E-state index is 11.0. The van der Waals surface area contributed by atoms with Crippen LogP contribution >= 0.6 is 0 Å². The second-order valence-electron chi connectivity index (χ2n) is 5.32. The van der Waals surface area contributed by atoms with Crippen molar-refractivity contribution in [2.45, 2.75) is 18.9 Å². The summed E-state index contributed by atoms with van der Waals surface area (Å²) in [5.41, 5.74) is 0.883. The molecule has 0 aromatic heterocycles. The second-order valence-corrected chi connectivity index (χ2v) is 5.32. The third-order valence-electron chi connectivity index (χ3n) is 3.83. The summed E-state index contributed by atoms with van der Waals surface area (Å²) >= 11 is 0. The van der Waals surface area contributed by atoms with Gasteiger partial charge in [0.05, 0.1) is 10.5 Å². The smallest absolute Gasteiger partial charge is 0.280 e. The van der Waals surface area contributed by atoms with Crippen LogP contribution in [0.5, 0.6) is 0 Å². The van der Waals surface area contributed by atoms with Crippen LogP contribution in [0.4, 0.5) is 11.4 Å². The zero-order valence-corrected chi connectivity index (χ0v) is 11.8. The fraction of sp³-hybridized carbons (Fsp3) is 0.500. The Labute approximate surface area is 118 Å². The van der Waals surface area contributed by atoms with E-state index in [4.69, 9.17) is 0 Å². The summed E-state index contributed by atoms with van der Waals surface area (Å²) in [6.07, 6.45) is 2.78. The highest BCUT2D eigenvalue weighted by molar-refractivity contribution is 5.83. The van der Waals surface area contributed by atoms with Gasteiger partial charge in [0.2, 0.25) is 0 Å². The highest BCUT2D eigenvalue weighted by Crippen LogP contribution is 2.26. The molecular weight excluding hydrogens is 258 g/mol. The van der Waals surface area contributed by atoms with Gasteiger partial charge >= 0.3 is 0 Å². The summed E-state index contributed by atoms with van der Waals surface area (Å²) in [5, 5.41) is 10.8. The van der Waals surface area contributed by atoms with Gasteiger partial charge in [-0.05, 0) is 39.1 Å². The molecule has 0 bridgehead atoms. The van der Waals surface area contributed by atoms with Crippen molar-refractivity contribution in [1.29, 1.82) is 0 Å². The van der Waals surface area contributed by atoms with Crippen LogP contribution in [-0.4, -0.2) is 49.3 Å². The Morgan fingerprint density at radius 1 is 1.45 bits per heavy atom. The third kappa shape index (κ3) is 2.96. The molecule has 108 valence electrons. The Bertz CT molecular complexity index is 516. The molecule has 1 fully saturated rings. The predicted octanol–water partition coefficient (Wildman–Crippen LogP) is 1.94. The minimum atomic E-state index is -0.521. The monoisotopic (exact) mass is 277 g/mol. The van der Waals surface area contributed by atoms with Crippen molar-refractivity contribution in [3.05, 3.63) is 33.9 Å². The molecule has 1 aliphatic heterocycles. The fourth-order valence-electron chi connectivity index (χ4n) is 2.61. The van der Waals surface area contributed by atoms with Crippen LogP contribution in [0, 0.1) is 10.1 Å². The summed E-state index contributed by atoms with van der Waals surface area (Å²) in [7, 11) is 4.11. The first-order valence-corrected chi connectivity index (χ1v) is 6.68. The van der Waals surface area contributed by atoms with Crippen molar-refractivity contribution in [3.63, 3.8) is 0 Å². The minimum absolute atomic E-state index is 0.134. The fourth-order valence-corrected chi connectivity index (χ4v) is 2.61. The van der Waals surface area contributed by atoms with Crippen LogP contribution in [0.15, 0.2) is 18.2 Å². The van der Waals surface area contributed by atoms with Gasteiger partial charge in [-0.2, -0.15) is 0 Å². The van der Waals surface area contributed by atoms with Gasteiger partial charge in [-0.25, -0.2) is 0 Å². The van der Waals surface area contributed by atoms with Crippen LogP contribution in [0.1, 0.15) is 23.2 Å². The van der Waals surface area contributed by atoms with Gasteiger partial charge in [0, 0.05) is 30.9 Å². The zero-order valence-electron chi connectivity index (χ0n) is 11.8. The number of piperidine rings is 1. The molecule has 1 aliphatic rings. The van der Waals surface area contributed by atoms with Crippen LogP contribution in [-0.2, 0) is 0 Å². The van der Waals surface area contributed by atoms with E-state index in [0.717, 1.165) is 31.6 Å². The van der Waals surface area contributed by atoms with E-state index in [1.807, 2.05) is 0 Å². The van der Waals surface area contributed by atoms with Gasteiger partial charge in [-0.3, -0.25) is 14.9 Å². The van der Waals surface area contributed by atoms with E-state index in [-0.39, 0.29) is 11.3 Å². The van der Waals surface area contributed by atoms with Crippen LogP contribution in [0.25, 0.3) is 0 Å². The minimum Gasteiger partial charge on any atom is -0.370 e. The van der Waals surface area contributed by atoms with Gasteiger partial charge in [0.25, 0.3) is 5.69 Å². The van der Waals surface area contributed by atoms with Crippen molar-refractivity contribution in [3.8, 4) is 0 Å². The first-order chi connectivity index (χ1) is 9.52. The number of anilines is 1. The molecule has 6 heteroatoms. The van der Waals surface area contributed by atoms with Gasteiger partial charge in [-0.15, -0.1) is 0 Å². The SMILES string of the molecule is CN(C)C1CCCN(c2ccc([N+](=O)[O-])c(C=O)c2)C1. The molecular formula is C14H19N3O3. The Balaban J connectivity index is 2.24. The topological polar surface area (TPSA) is 66.7 Å². The standard InChI is InChI=1S/C14H19N3O3/c1-15(2)13-4-3-7-16(9-13)12-5-6-14(17(19)20)11(8-12)10-18/h5-6,8,10,13H,3-4,7,9H2,1-2H3. The molecule has 0 N–H and O–H groups in total. The van der Waals surface area contributed by atoms with Crippen molar-refractivity contribution >= 4 is 17.7 Å². The molecule has 0 spiro atoms. The summed E-state index contributed by atoms with van der Waals surface area (Å²) in [4.78, 5) is 25.7. The first-order valence-electron chi connectivity index (χ1n) is 6.68. The Morgan fingerprint density at radius 3 is 2.80 bits per heavy atom. The number of hydrogen-bond donors (Lipinski definition) is 0. The largest absolute Gasteiger partial charge is 0.370 e. The molecule has 1 atom stereocenters. The number of nitro benzene ring substituents is 1. The molecule has 20 heavy (non-hydrogen) atoms. The Hall–Kier alpha value is -1.95. The van der Waals surface area contributed by atoms with Gasteiger partial charge in [0.1, 0.15) is 0 Å². The Kier molecular flexibility index (Phi) is 4.34. The first kappa shape index (κ1) is 14.5. The number of carbonyl (C=O) groups excluding carboxylic acids is 1. The molecule has 0 saturated carbocycles. The van der Waals surface area contributed by atoms with Crippen molar-refractivity contribution in [2.75, 3.05) is 32.1 Å². The second kappa shape index (κ2) is 6.00. The number of carbonyl (C=O) groups is 1. The van der Waals surface area contributed by atoms with E-state index < -0.39 is 4.92 Å². The number of hydrogen-bond acceptors (Lipinski definition) is 5. The van der Waals surface area contributed by atoms with Crippen LogP contribution < -0.4 is 4.90 Å². The van der Waals surface area contributed by atoms with Crippen molar-refractivity contribution in [1.82, 2.24) is 4.90 Å². The number of benzene rings is 1. The van der Waals surface area contributed by atoms with E-state index >= 15 is 0 Å². The molecule has 0 aliphatic carbocycles. The lowest BCUT2D eigenvalue weighted by Crippen LogP contribution is -2.45. The number of nitro groups is 1. The van der Waals surface area contributed by atoms with Crippen LogP contribution in [0.3, 0.4) is 0 Å². The van der Waals surface area contributed by atoms with Gasteiger partial charge in [-0.1, -0.05) is 0 Å². The van der Waals surface area contributed by atoms with E-state index in [2.05, 4.69) is 23.9 Å². The highest BCUT2D eigenvalue weighted by Gasteiger charge is 2.23. The highest BCUT2D eigenvalue weighted by atomic mass is 16.6. The summed E-state index contributed by atoms with van der Waals surface area (Å²) < 4.78 is 0. The number of aldehydes is 1. The molecule has 1 aromatic carbocycles. The quantitative estimate of drug-likeness (QED) is 0.478. The Morgan fingerprint density at radius 2 is 2.20 bits per heavy atom. The molecule has 1 aromatic rings. The van der Waals surface area contributed by atoms with E-state index in [1.165, 1.54) is 6.07 Å². The van der Waals surface area contributed by atoms with Gasteiger partial charge in [0.15, 0.2) is 6.29 Å². The molecule has 1 heterocycles. The normalized spacial score (nSPS) is 19.1. The predicted molar refractivity (Wildman–Crippen MR) is 77.4 cm³/mol. The summed E-state index contributed by atoms with van der Waals surface area (Å²) in [6.45, 7) is 1.80.